The van der Waals surface area contributed by atoms with Crippen molar-refractivity contribution in [3.8, 4) is 0 Å². The molecule has 0 aromatic rings. The van der Waals surface area contributed by atoms with Gasteiger partial charge in [0.25, 0.3) is 0 Å². The largest absolute Gasteiger partial charge is 0.325 e. The summed E-state index contributed by atoms with van der Waals surface area (Å²) in [5, 5.41) is 0. The lowest BCUT2D eigenvalue weighted by Crippen LogP contribution is -2.37. The zero-order chi connectivity index (χ0) is 9.76. The molecule has 0 saturated heterocycles. The van der Waals surface area contributed by atoms with E-state index >= 15 is 0 Å². The third kappa shape index (κ3) is 0.870. The third-order valence-corrected chi connectivity index (χ3v) is 3.17. The zero-order valence-electron chi connectivity index (χ0n) is 8.10. The molecule has 1 fully saturated rings. The molecule has 0 N–H and O–H groups in total. The second kappa shape index (κ2) is 2.35. The Labute approximate surface area is 82.8 Å². The van der Waals surface area contributed by atoms with Gasteiger partial charge >= 0.3 is 0 Å². The zero-order valence-corrected chi connectivity index (χ0v) is 8.10. The summed E-state index contributed by atoms with van der Waals surface area (Å²) in [6.45, 7) is 1.66. The molecule has 0 bridgehead atoms. The molecule has 3 heteroatoms. The number of hydrogen-bond donors (Lipinski definition) is 0. The van der Waals surface area contributed by atoms with Crippen molar-refractivity contribution in [3.63, 3.8) is 0 Å². The van der Waals surface area contributed by atoms with E-state index in [4.69, 9.17) is 0 Å². The van der Waals surface area contributed by atoms with Gasteiger partial charge in [0.05, 0.1) is 11.6 Å². The van der Waals surface area contributed by atoms with E-state index in [9.17, 15) is 4.79 Å². The highest BCUT2D eigenvalue weighted by atomic mass is 16.1. The maximum atomic E-state index is 11.2. The van der Waals surface area contributed by atoms with E-state index in [1.165, 1.54) is 0 Å². The lowest BCUT2D eigenvalue weighted by molar-refractivity contribution is -0.118. The third-order valence-electron chi connectivity index (χ3n) is 3.17. The highest BCUT2D eigenvalue weighted by Gasteiger charge is 2.63. The number of nitrogens with zero attached hydrogens (tertiary/aromatic N) is 2. The summed E-state index contributed by atoms with van der Waals surface area (Å²) >= 11 is 0. The number of hydrogen-bond acceptors (Lipinski definition) is 3. The molecule has 2 aliphatic heterocycles. The van der Waals surface area contributed by atoms with Gasteiger partial charge < -0.3 is 4.90 Å². The summed E-state index contributed by atoms with van der Waals surface area (Å²) in [6, 6.07) is 0.355. The minimum Gasteiger partial charge on any atom is -0.325 e. The van der Waals surface area contributed by atoms with Crippen molar-refractivity contribution < 1.29 is 4.79 Å². The van der Waals surface area contributed by atoms with Gasteiger partial charge in [-0.3, -0.25) is 9.79 Å². The lowest BCUT2D eigenvalue weighted by atomic mass is 10.1. The first kappa shape index (κ1) is 7.97. The van der Waals surface area contributed by atoms with Crippen molar-refractivity contribution >= 4 is 11.6 Å². The Morgan fingerprint density at radius 3 is 3.36 bits per heavy atom. The van der Waals surface area contributed by atoms with Crippen molar-refractivity contribution in [1.29, 1.82) is 0 Å². The Balaban J connectivity index is 1.92. The van der Waals surface area contributed by atoms with Crippen LogP contribution in [0.5, 0.6) is 0 Å². The molecule has 1 saturated carbocycles. The van der Waals surface area contributed by atoms with Crippen LogP contribution in [0.2, 0.25) is 0 Å². The fraction of sp³-hybridized carbons (Fsp3) is 0.455. The van der Waals surface area contributed by atoms with E-state index in [-0.39, 0.29) is 11.3 Å². The van der Waals surface area contributed by atoms with Gasteiger partial charge in [-0.05, 0) is 25.5 Å². The molecule has 2 heterocycles. The van der Waals surface area contributed by atoms with Crippen molar-refractivity contribution in [2.45, 2.75) is 31.3 Å². The molecule has 3 rings (SSSR count). The number of amidine groups is 1. The number of carbonyl (C=O) groups is 1. The summed E-state index contributed by atoms with van der Waals surface area (Å²) in [7, 11) is 0. The summed E-state index contributed by atoms with van der Waals surface area (Å²) in [6.07, 6.45) is 9.70. The van der Waals surface area contributed by atoms with Crippen molar-refractivity contribution in [1.82, 2.24) is 4.90 Å². The Morgan fingerprint density at radius 1 is 1.71 bits per heavy atom. The number of allylic oxidation sites excluding steroid dienone is 2. The van der Waals surface area contributed by atoms with E-state index < -0.39 is 0 Å². The van der Waals surface area contributed by atoms with Gasteiger partial charge in [0, 0.05) is 12.6 Å². The van der Waals surface area contributed by atoms with Crippen LogP contribution in [0.4, 0.5) is 0 Å². The molecule has 0 spiro atoms. The lowest BCUT2D eigenvalue weighted by Gasteiger charge is -2.27. The van der Waals surface area contributed by atoms with Gasteiger partial charge in [-0.2, -0.15) is 0 Å². The van der Waals surface area contributed by atoms with E-state index in [1.807, 2.05) is 24.4 Å². The molecule has 0 amide bonds. The first-order chi connectivity index (χ1) is 6.72. The number of aliphatic imine (C=N–C) groups is 1. The molecule has 72 valence electrons. The van der Waals surface area contributed by atoms with Crippen LogP contribution in [0.15, 0.2) is 29.4 Å². The second-order valence-electron chi connectivity index (χ2n) is 4.26. The van der Waals surface area contributed by atoms with Crippen LogP contribution in [0.3, 0.4) is 0 Å². The molecule has 3 aliphatic rings. The van der Waals surface area contributed by atoms with Crippen molar-refractivity contribution in [3.05, 3.63) is 24.4 Å². The summed E-state index contributed by atoms with van der Waals surface area (Å²) in [5.41, 5.74) is 0.0163. The van der Waals surface area contributed by atoms with E-state index in [1.54, 1.807) is 6.92 Å². The van der Waals surface area contributed by atoms with Gasteiger partial charge in [-0.15, -0.1) is 0 Å². The second-order valence-corrected chi connectivity index (χ2v) is 4.26. The summed E-state index contributed by atoms with van der Waals surface area (Å²) < 4.78 is 0. The van der Waals surface area contributed by atoms with Crippen LogP contribution in [-0.2, 0) is 4.79 Å². The average molecular weight is 188 g/mol. The molecule has 0 aromatic heterocycles. The van der Waals surface area contributed by atoms with Crippen LogP contribution in [0.25, 0.3) is 0 Å². The molecule has 3 nitrogen and oxygen atoms in total. The Kier molecular flexibility index (Phi) is 1.34. The van der Waals surface area contributed by atoms with Gasteiger partial charge in [0.1, 0.15) is 11.6 Å². The SMILES string of the molecule is CC(=O)CC12CC1N=C1C=CC=CN12. The van der Waals surface area contributed by atoms with Crippen LogP contribution in [0, 0.1) is 0 Å². The molecule has 0 aromatic carbocycles. The van der Waals surface area contributed by atoms with Crippen LogP contribution in [0.1, 0.15) is 19.8 Å². The quantitative estimate of drug-likeness (QED) is 0.653. The number of fused-ring (bicyclic) bond motifs is 3. The Morgan fingerprint density at radius 2 is 2.57 bits per heavy atom. The molecule has 2 unspecified atom stereocenters. The van der Waals surface area contributed by atoms with E-state index in [0.29, 0.717) is 12.5 Å². The van der Waals surface area contributed by atoms with E-state index in [0.717, 1.165) is 12.3 Å². The molecule has 2 atom stereocenters. The van der Waals surface area contributed by atoms with Gasteiger partial charge in [-0.1, -0.05) is 6.08 Å². The standard InChI is InChI=1S/C11H12N2O/c1-8(14)6-11-7-9(11)12-10-4-2-3-5-13(10)11/h2-5,9H,6-7H2,1H3. The monoisotopic (exact) mass is 188 g/mol. The highest BCUT2D eigenvalue weighted by molar-refractivity contribution is 5.99. The fourth-order valence-electron chi connectivity index (χ4n) is 2.48. The first-order valence-corrected chi connectivity index (χ1v) is 4.94. The van der Waals surface area contributed by atoms with Gasteiger partial charge in [-0.25, -0.2) is 0 Å². The average Bonchev–Trinajstić information content (AvgIpc) is 2.72. The normalized spacial score (nSPS) is 36.5. The van der Waals surface area contributed by atoms with Gasteiger partial charge in [0.15, 0.2) is 0 Å². The summed E-state index contributed by atoms with van der Waals surface area (Å²) in [5.74, 6) is 1.27. The topological polar surface area (TPSA) is 32.7 Å². The minimum absolute atomic E-state index is 0.0163. The molecule has 0 radical (unpaired) electrons. The number of rotatable bonds is 2. The summed E-state index contributed by atoms with van der Waals surface area (Å²) in [4.78, 5) is 17.9. The molecule has 14 heavy (non-hydrogen) atoms. The highest BCUT2D eigenvalue weighted by Crippen LogP contribution is 2.52. The Bertz CT molecular complexity index is 394. The fourth-order valence-corrected chi connectivity index (χ4v) is 2.48. The first-order valence-electron chi connectivity index (χ1n) is 4.94. The maximum Gasteiger partial charge on any atom is 0.132 e. The predicted octanol–water partition coefficient (Wildman–Crippen LogP) is 1.27. The Hall–Kier alpha value is -1.38. The maximum absolute atomic E-state index is 11.2. The van der Waals surface area contributed by atoms with Crippen LogP contribution < -0.4 is 0 Å². The smallest absolute Gasteiger partial charge is 0.132 e. The molecular weight excluding hydrogens is 176 g/mol. The van der Waals surface area contributed by atoms with E-state index in [2.05, 4.69) is 9.89 Å². The number of ketones is 1. The van der Waals surface area contributed by atoms with Crippen LogP contribution >= 0.6 is 0 Å². The molecular formula is C11H12N2O. The molecule has 1 aliphatic carbocycles. The predicted molar refractivity (Wildman–Crippen MR) is 54.0 cm³/mol. The number of carbonyl (C=O) groups excluding carboxylic acids is 1. The minimum atomic E-state index is 0.0163. The van der Waals surface area contributed by atoms with Crippen molar-refractivity contribution in [2.24, 2.45) is 4.99 Å². The van der Waals surface area contributed by atoms with Gasteiger partial charge in [0.2, 0.25) is 0 Å². The number of Topliss-reactive ketones (excluding diaryl/α,β-unsaturated/α-hetero) is 1. The van der Waals surface area contributed by atoms with Crippen molar-refractivity contribution in [2.75, 3.05) is 0 Å². The van der Waals surface area contributed by atoms with Crippen LogP contribution in [-0.4, -0.2) is 28.1 Å².